The number of nitrogens with one attached hydrogen (secondary N) is 1. The Morgan fingerprint density at radius 2 is 2.10 bits per heavy atom. The number of hydrogen-bond acceptors (Lipinski definition) is 4. The van der Waals surface area contributed by atoms with Gasteiger partial charge in [-0.05, 0) is 19.8 Å². The fourth-order valence-corrected chi connectivity index (χ4v) is 2.05. The van der Waals surface area contributed by atoms with Crippen LogP contribution in [-0.2, 0) is 24.3 Å². The minimum atomic E-state index is -4.90. The number of halogens is 3. The van der Waals surface area contributed by atoms with Crippen LogP contribution >= 0.6 is 0 Å². The normalized spacial score (nSPS) is 18.4. The van der Waals surface area contributed by atoms with E-state index in [9.17, 15) is 18.0 Å². The molecule has 0 spiro atoms. The molecule has 20 heavy (non-hydrogen) atoms. The van der Waals surface area contributed by atoms with E-state index in [2.05, 4.69) is 10.2 Å². The molecule has 0 aliphatic carbocycles. The molecule has 0 fully saturated rings. The highest BCUT2D eigenvalue weighted by Crippen LogP contribution is 2.30. The van der Waals surface area contributed by atoms with Crippen molar-refractivity contribution in [2.75, 3.05) is 0 Å². The fraction of sp³-hybridized carbons (Fsp3) is 0.727. The Morgan fingerprint density at radius 1 is 1.40 bits per heavy atom. The van der Waals surface area contributed by atoms with Crippen LogP contribution in [0, 0.1) is 0 Å². The van der Waals surface area contributed by atoms with Gasteiger partial charge in [0.25, 0.3) is 0 Å². The molecular formula is C11H15F3N4O2. The molecule has 1 aromatic heterocycles. The van der Waals surface area contributed by atoms with Crippen molar-refractivity contribution in [1.29, 1.82) is 0 Å². The largest absolute Gasteiger partial charge is 0.480 e. The van der Waals surface area contributed by atoms with E-state index in [1.807, 2.05) is 5.32 Å². The van der Waals surface area contributed by atoms with Crippen LogP contribution < -0.4 is 5.32 Å². The van der Waals surface area contributed by atoms with Crippen LogP contribution in [0.25, 0.3) is 0 Å². The Kier molecular flexibility index (Phi) is 3.72. The predicted molar refractivity (Wildman–Crippen MR) is 61.9 cm³/mol. The summed E-state index contributed by atoms with van der Waals surface area (Å²) in [4.78, 5) is 10.9. The molecule has 2 heterocycles. The first-order valence-electron chi connectivity index (χ1n) is 6.22. The maximum atomic E-state index is 12.8. The van der Waals surface area contributed by atoms with Gasteiger partial charge < -0.3 is 9.67 Å². The first kappa shape index (κ1) is 14.8. The molecule has 0 bridgehead atoms. The zero-order valence-corrected chi connectivity index (χ0v) is 10.9. The molecule has 0 radical (unpaired) electrons. The topological polar surface area (TPSA) is 80.0 Å². The standard InChI is InChI=1S/C11H15F3N4O2/c1-10(9(19)20,11(12,13)14)15-6-8-17-16-7-4-2-3-5-18(7)8/h15H,2-6H2,1H3,(H,19,20). The van der Waals surface area contributed by atoms with Gasteiger partial charge in [-0.1, -0.05) is 0 Å². The van der Waals surface area contributed by atoms with E-state index in [0.717, 1.165) is 25.1 Å². The molecule has 1 aromatic rings. The maximum absolute atomic E-state index is 12.8. The van der Waals surface area contributed by atoms with Crippen molar-refractivity contribution in [3.63, 3.8) is 0 Å². The number of carboxylic acids is 1. The molecule has 2 N–H and O–H groups in total. The number of carboxylic acid groups (broad SMARTS) is 1. The lowest BCUT2D eigenvalue weighted by molar-refractivity contribution is -0.206. The lowest BCUT2D eigenvalue weighted by Crippen LogP contribution is -2.60. The summed E-state index contributed by atoms with van der Waals surface area (Å²) < 4.78 is 40.3. The van der Waals surface area contributed by atoms with E-state index in [-0.39, 0.29) is 6.54 Å². The maximum Gasteiger partial charge on any atom is 0.417 e. The van der Waals surface area contributed by atoms with Crippen molar-refractivity contribution in [3.05, 3.63) is 11.6 Å². The van der Waals surface area contributed by atoms with E-state index in [1.54, 1.807) is 4.57 Å². The zero-order valence-electron chi connectivity index (χ0n) is 10.9. The Balaban J connectivity index is 2.15. The highest BCUT2D eigenvalue weighted by molar-refractivity contribution is 5.79. The predicted octanol–water partition coefficient (Wildman–Crippen LogP) is 1.11. The van der Waals surface area contributed by atoms with Gasteiger partial charge in [-0.25, -0.2) is 4.79 Å². The number of fused-ring (bicyclic) bond motifs is 1. The number of rotatable bonds is 4. The van der Waals surface area contributed by atoms with Crippen LogP contribution in [0.5, 0.6) is 0 Å². The molecule has 0 saturated carbocycles. The molecular weight excluding hydrogens is 277 g/mol. The average molecular weight is 292 g/mol. The Hall–Kier alpha value is -1.64. The van der Waals surface area contributed by atoms with Gasteiger partial charge in [0.2, 0.25) is 5.54 Å². The van der Waals surface area contributed by atoms with Crippen LogP contribution in [0.3, 0.4) is 0 Å². The summed E-state index contributed by atoms with van der Waals surface area (Å²) in [5.41, 5.74) is -3.01. The SMILES string of the molecule is CC(NCc1nnc2n1CCCC2)(C(=O)O)C(F)(F)F. The fourth-order valence-electron chi connectivity index (χ4n) is 2.05. The van der Waals surface area contributed by atoms with Gasteiger partial charge in [-0.15, -0.1) is 10.2 Å². The summed E-state index contributed by atoms with van der Waals surface area (Å²) in [6, 6.07) is 0. The molecule has 1 aliphatic rings. The minimum Gasteiger partial charge on any atom is -0.480 e. The summed E-state index contributed by atoms with van der Waals surface area (Å²) in [5.74, 6) is -0.906. The minimum absolute atomic E-state index is 0.296. The second-order valence-corrected chi connectivity index (χ2v) is 4.92. The Morgan fingerprint density at radius 3 is 2.70 bits per heavy atom. The molecule has 1 aliphatic heterocycles. The third kappa shape index (κ3) is 2.49. The Bertz CT molecular complexity index is 514. The van der Waals surface area contributed by atoms with E-state index < -0.39 is 17.7 Å². The van der Waals surface area contributed by atoms with Gasteiger partial charge in [0.05, 0.1) is 6.54 Å². The number of nitrogens with zero attached hydrogens (tertiary/aromatic N) is 3. The molecule has 0 aromatic carbocycles. The third-order valence-electron chi connectivity index (χ3n) is 3.53. The van der Waals surface area contributed by atoms with Gasteiger partial charge in [0.15, 0.2) is 0 Å². The van der Waals surface area contributed by atoms with Gasteiger partial charge in [-0.2, -0.15) is 13.2 Å². The summed E-state index contributed by atoms with van der Waals surface area (Å²) in [6.45, 7) is 0.952. The van der Waals surface area contributed by atoms with Crippen LogP contribution in [0.2, 0.25) is 0 Å². The average Bonchev–Trinajstić information content (AvgIpc) is 2.77. The zero-order chi connectivity index (χ0) is 15.0. The van der Waals surface area contributed by atoms with Crippen molar-refractivity contribution in [2.45, 2.75) is 51.0 Å². The highest BCUT2D eigenvalue weighted by Gasteiger charge is 2.57. The molecule has 2 rings (SSSR count). The second kappa shape index (κ2) is 5.04. The summed E-state index contributed by atoms with van der Waals surface area (Å²) >= 11 is 0. The lowest BCUT2D eigenvalue weighted by atomic mass is 10.0. The van der Waals surface area contributed by atoms with E-state index >= 15 is 0 Å². The summed E-state index contributed by atoms with van der Waals surface area (Å²) in [5, 5.41) is 18.6. The van der Waals surface area contributed by atoms with Crippen molar-refractivity contribution in [3.8, 4) is 0 Å². The number of aromatic nitrogens is 3. The molecule has 1 unspecified atom stereocenters. The number of aliphatic carboxylic acids is 1. The van der Waals surface area contributed by atoms with Gasteiger partial charge >= 0.3 is 12.1 Å². The van der Waals surface area contributed by atoms with Gasteiger partial charge in [0, 0.05) is 13.0 Å². The van der Waals surface area contributed by atoms with E-state index in [4.69, 9.17) is 5.11 Å². The van der Waals surface area contributed by atoms with Crippen LogP contribution in [0.1, 0.15) is 31.4 Å². The van der Waals surface area contributed by atoms with Gasteiger partial charge in [-0.3, -0.25) is 5.32 Å². The van der Waals surface area contributed by atoms with E-state index in [1.165, 1.54) is 0 Å². The van der Waals surface area contributed by atoms with Crippen LogP contribution in [0.4, 0.5) is 13.2 Å². The smallest absolute Gasteiger partial charge is 0.417 e. The highest BCUT2D eigenvalue weighted by atomic mass is 19.4. The number of alkyl halides is 3. The van der Waals surface area contributed by atoms with Gasteiger partial charge in [0.1, 0.15) is 11.6 Å². The molecule has 9 heteroatoms. The summed E-state index contributed by atoms with van der Waals surface area (Å²) in [7, 11) is 0. The van der Waals surface area contributed by atoms with Crippen molar-refractivity contribution in [2.24, 2.45) is 0 Å². The van der Waals surface area contributed by atoms with E-state index in [0.29, 0.717) is 19.3 Å². The molecule has 1 atom stereocenters. The number of carbonyl (C=O) groups is 1. The van der Waals surface area contributed by atoms with Crippen molar-refractivity contribution in [1.82, 2.24) is 20.1 Å². The van der Waals surface area contributed by atoms with Crippen molar-refractivity contribution >= 4 is 5.97 Å². The first-order chi connectivity index (χ1) is 9.25. The molecule has 0 saturated heterocycles. The number of aryl methyl sites for hydroxylation is 1. The molecule has 6 nitrogen and oxygen atoms in total. The quantitative estimate of drug-likeness (QED) is 0.869. The third-order valence-corrected chi connectivity index (χ3v) is 3.53. The first-order valence-corrected chi connectivity index (χ1v) is 6.22. The van der Waals surface area contributed by atoms with Crippen molar-refractivity contribution < 1.29 is 23.1 Å². The lowest BCUT2D eigenvalue weighted by Gasteiger charge is -2.28. The summed E-state index contributed by atoms with van der Waals surface area (Å²) in [6.07, 6.45) is -2.28. The monoisotopic (exact) mass is 292 g/mol. The second-order valence-electron chi connectivity index (χ2n) is 4.92. The van der Waals surface area contributed by atoms with Crippen LogP contribution in [0.15, 0.2) is 0 Å². The molecule has 112 valence electrons. The Labute approximate surface area is 113 Å². The van der Waals surface area contributed by atoms with Crippen LogP contribution in [-0.4, -0.2) is 37.6 Å². The number of hydrogen-bond donors (Lipinski definition) is 2. The molecule has 0 amide bonds.